The molecule has 0 aromatic heterocycles. The number of ether oxygens (including phenoxy) is 1. The molecule has 1 fully saturated rings. The van der Waals surface area contributed by atoms with Crippen LogP contribution in [0.15, 0.2) is 35.4 Å². The molecular weight excluding hydrogens is 202 g/mol. The molecule has 0 saturated carbocycles. The Kier molecular flexibility index (Phi) is 3.10. The van der Waals surface area contributed by atoms with Gasteiger partial charge in [-0.15, -0.1) is 0 Å². The molecule has 16 heavy (non-hydrogen) atoms. The minimum absolute atomic E-state index is 0.242. The molecule has 0 unspecified atom stereocenters. The molecule has 0 aliphatic carbocycles. The molecule has 1 aliphatic heterocycles. The van der Waals surface area contributed by atoms with Crippen molar-refractivity contribution in [2.24, 2.45) is 16.7 Å². The van der Waals surface area contributed by atoms with Gasteiger partial charge in [-0.2, -0.15) is 5.10 Å². The van der Waals surface area contributed by atoms with Crippen molar-refractivity contribution in [1.29, 1.82) is 0 Å². The summed E-state index contributed by atoms with van der Waals surface area (Å²) in [7, 11) is 0. The molecule has 2 rings (SSSR count). The summed E-state index contributed by atoms with van der Waals surface area (Å²) in [6.07, 6.45) is 1.67. The summed E-state index contributed by atoms with van der Waals surface area (Å²) in [5, 5.41) is 3.70. The average Bonchev–Trinajstić information content (AvgIpc) is 2.39. The molecule has 0 bridgehead atoms. The van der Waals surface area contributed by atoms with Gasteiger partial charge in [-0.3, -0.25) is 0 Å². The summed E-state index contributed by atoms with van der Waals surface area (Å²) >= 11 is 0. The van der Waals surface area contributed by atoms with E-state index in [1.54, 1.807) is 0 Å². The molecule has 4 nitrogen and oxygen atoms in total. The Morgan fingerprint density at radius 1 is 1.19 bits per heavy atom. The van der Waals surface area contributed by atoms with Crippen LogP contribution in [0.25, 0.3) is 0 Å². The predicted molar refractivity (Wildman–Crippen MR) is 64.0 cm³/mol. The van der Waals surface area contributed by atoms with E-state index >= 15 is 0 Å². The van der Waals surface area contributed by atoms with Gasteiger partial charge < -0.3 is 16.3 Å². The van der Waals surface area contributed by atoms with Crippen LogP contribution in [0.4, 0.5) is 0 Å². The Morgan fingerprint density at radius 3 is 2.38 bits per heavy atom. The first-order valence-corrected chi connectivity index (χ1v) is 5.47. The zero-order valence-corrected chi connectivity index (χ0v) is 9.23. The van der Waals surface area contributed by atoms with E-state index in [1.165, 1.54) is 5.56 Å². The van der Waals surface area contributed by atoms with E-state index in [1.807, 2.05) is 18.2 Å². The molecule has 0 radical (unpaired) electrons. The molecule has 1 aromatic rings. The maximum atomic E-state index is 5.98. The van der Waals surface area contributed by atoms with E-state index in [-0.39, 0.29) is 5.41 Å². The van der Waals surface area contributed by atoms with Crippen LogP contribution in [-0.4, -0.2) is 19.0 Å². The van der Waals surface area contributed by atoms with Crippen LogP contribution in [0.3, 0.4) is 0 Å². The van der Waals surface area contributed by atoms with Crippen LogP contribution in [0, 0.1) is 0 Å². The second-order valence-electron chi connectivity index (χ2n) is 4.07. The van der Waals surface area contributed by atoms with Crippen molar-refractivity contribution in [2.75, 3.05) is 13.2 Å². The molecule has 0 spiro atoms. The molecule has 1 heterocycles. The number of nitrogens with zero attached hydrogens (tertiary/aromatic N) is 1. The molecule has 86 valence electrons. The van der Waals surface area contributed by atoms with Crippen molar-refractivity contribution in [3.05, 3.63) is 35.9 Å². The topological polar surface area (TPSA) is 73.6 Å². The highest BCUT2D eigenvalue weighted by molar-refractivity contribution is 5.91. The first-order valence-electron chi connectivity index (χ1n) is 5.47. The predicted octanol–water partition coefficient (Wildman–Crippen LogP) is 0.966. The van der Waals surface area contributed by atoms with Gasteiger partial charge in [-0.1, -0.05) is 30.3 Å². The number of amidine groups is 1. The Balaban J connectivity index is 2.42. The van der Waals surface area contributed by atoms with Crippen LogP contribution in [0.5, 0.6) is 0 Å². The summed E-state index contributed by atoms with van der Waals surface area (Å²) < 4.78 is 5.39. The van der Waals surface area contributed by atoms with Crippen molar-refractivity contribution in [1.82, 2.24) is 0 Å². The Labute approximate surface area is 95.3 Å². The SMILES string of the molecule is NN=C(N)C1(c2ccccc2)CCOCC1. The normalized spacial score (nSPS) is 20.6. The first-order chi connectivity index (χ1) is 7.79. The molecule has 0 amide bonds. The third-order valence-corrected chi connectivity index (χ3v) is 3.30. The van der Waals surface area contributed by atoms with Crippen molar-refractivity contribution in [3.63, 3.8) is 0 Å². The maximum Gasteiger partial charge on any atom is 0.130 e. The van der Waals surface area contributed by atoms with Crippen LogP contribution in [0.2, 0.25) is 0 Å². The zero-order valence-electron chi connectivity index (χ0n) is 9.23. The van der Waals surface area contributed by atoms with Crippen LogP contribution in [0.1, 0.15) is 18.4 Å². The van der Waals surface area contributed by atoms with E-state index < -0.39 is 0 Å². The Hall–Kier alpha value is -1.55. The highest BCUT2D eigenvalue weighted by Crippen LogP contribution is 2.34. The molecule has 1 aromatic carbocycles. The second-order valence-corrected chi connectivity index (χ2v) is 4.07. The van der Waals surface area contributed by atoms with Crippen molar-refractivity contribution in [2.45, 2.75) is 18.3 Å². The minimum Gasteiger partial charge on any atom is -0.385 e. The molecular formula is C12H17N3O. The number of benzene rings is 1. The van der Waals surface area contributed by atoms with E-state index in [4.69, 9.17) is 16.3 Å². The lowest BCUT2D eigenvalue weighted by atomic mass is 9.73. The summed E-state index contributed by atoms with van der Waals surface area (Å²) in [5.74, 6) is 5.85. The van der Waals surface area contributed by atoms with Gasteiger partial charge in [-0.05, 0) is 18.4 Å². The van der Waals surface area contributed by atoms with Gasteiger partial charge in [0.05, 0.1) is 5.41 Å². The maximum absolute atomic E-state index is 5.98. The molecule has 1 saturated heterocycles. The number of hydrazone groups is 1. The van der Waals surface area contributed by atoms with Crippen molar-refractivity contribution < 1.29 is 4.74 Å². The zero-order chi connectivity index (χ0) is 11.4. The molecule has 4 N–H and O–H groups in total. The number of hydrogen-bond donors (Lipinski definition) is 2. The lowest BCUT2D eigenvalue weighted by molar-refractivity contribution is 0.0704. The Bertz CT molecular complexity index is 369. The summed E-state index contributed by atoms with van der Waals surface area (Å²) in [6, 6.07) is 10.2. The first kappa shape index (κ1) is 11.0. The largest absolute Gasteiger partial charge is 0.385 e. The monoisotopic (exact) mass is 219 g/mol. The minimum atomic E-state index is -0.242. The van der Waals surface area contributed by atoms with E-state index in [9.17, 15) is 0 Å². The van der Waals surface area contributed by atoms with Gasteiger partial charge in [0.1, 0.15) is 5.84 Å². The number of nitrogens with two attached hydrogens (primary N) is 2. The van der Waals surface area contributed by atoms with Gasteiger partial charge >= 0.3 is 0 Å². The molecule has 0 atom stereocenters. The van der Waals surface area contributed by atoms with E-state index in [2.05, 4.69) is 17.2 Å². The van der Waals surface area contributed by atoms with Crippen LogP contribution < -0.4 is 11.6 Å². The number of hydrogen-bond acceptors (Lipinski definition) is 3. The fourth-order valence-corrected chi connectivity index (χ4v) is 2.29. The fraction of sp³-hybridized carbons (Fsp3) is 0.417. The van der Waals surface area contributed by atoms with E-state index in [0.717, 1.165) is 12.8 Å². The fourth-order valence-electron chi connectivity index (χ4n) is 2.29. The van der Waals surface area contributed by atoms with Gasteiger partial charge in [0.15, 0.2) is 0 Å². The summed E-state index contributed by atoms with van der Waals surface area (Å²) in [6.45, 7) is 1.40. The molecule has 1 aliphatic rings. The molecule has 4 heteroatoms. The average molecular weight is 219 g/mol. The van der Waals surface area contributed by atoms with Gasteiger partial charge in [0.2, 0.25) is 0 Å². The van der Waals surface area contributed by atoms with Gasteiger partial charge in [-0.25, -0.2) is 0 Å². The van der Waals surface area contributed by atoms with E-state index in [0.29, 0.717) is 19.0 Å². The highest BCUT2D eigenvalue weighted by Gasteiger charge is 2.38. The highest BCUT2D eigenvalue weighted by atomic mass is 16.5. The van der Waals surface area contributed by atoms with Gasteiger partial charge in [0.25, 0.3) is 0 Å². The summed E-state index contributed by atoms with van der Waals surface area (Å²) in [4.78, 5) is 0. The second kappa shape index (κ2) is 4.53. The number of rotatable bonds is 2. The standard InChI is InChI=1S/C12H17N3O/c13-11(15-14)12(6-8-16-9-7-12)10-4-2-1-3-5-10/h1-5H,6-9,14H2,(H2,13,15). The lowest BCUT2D eigenvalue weighted by Gasteiger charge is -2.36. The third kappa shape index (κ3) is 1.76. The lowest BCUT2D eigenvalue weighted by Crippen LogP contribution is -2.46. The van der Waals surface area contributed by atoms with Crippen molar-refractivity contribution >= 4 is 5.84 Å². The van der Waals surface area contributed by atoms with Gasteiger partial charge in [0, 0.05) is 13.2 Å². The smallest absolute Gasteiger partial charge is 0.130 e. The third-order valence-electron chi connectivity index (χ3n) is 3.30. The van der Waals surface area contributed by atoms with Crippen molar-refractivity contribution in [3.8, 4) is 0 Å². The Morgan fingerprint density at radius 2 is 1.81 bits per heavy atom. The van der Waals surface area contributed by atoms with Crippen LogP contribution >= 0.6 is 0 Å². The quantitative estimate of drug-likeness (QED) is 0.337. The summed E-state index contributed by atoms with van der Waals surface area (Å²) in [5.41, 5.74) is 6.91. The van der Waals surface area contributed by atoms with Crippen LogP contribution in [-0.2, 0) is 10.2 Å².